The highest BCUT2D eigenvalue weighted by Crippen LogP contribution is 2.27. The summed E-state index contributed by atoms with van der Waals surface area (Å²) in [5.41, 5.74) is 1.39. The standard InChI is InChI=1S/C23H20ClFN6O2/c24-18-7-2-1-4-16(18)13-31-21-19(28-29-31)22(32)27-20(26-21)14-8-10-30(11-9-14)23(33)15-5-3-6-17(25)12-15/h1-7,12,14H,8-11,13H2,(H,26,27,32). The van der Waals surface area contributed by atoms with Crippen molar-refractivity contribution in [2.45, 2.75) is 25.3 Å². The van der Waals surface area contributed by atoms with Gasteiger partial charge in [-0.25, -0.2) is 14.1 Å². The number of nitrogens with one attached hydrogen (secondary N) is 1. The minimum atomic E-state index is -0.437. The van der Waals surface area contributed by atoms with E-state index in [4.69, 9.17) is 11.6 Å². The van der Waals surface area contributed by atoms with Crippen LogP contribution >= 0.6 is 11.6 Å². The fraction of sp³-hybridized carbons (Fsp3) is 0.261. The predicted octanol–water partition coefficient (Wildman–Crippen LogP) is 3.38. The Hall–Kier alpha value is -3.59. The second-order valence-electron chi connectivity index (χ2n) is 8.04. The third kappa shape index (κ3) is 4.23. The molecule has 168 valence electrons. The van der Waals surface area contributed by atoms with Crippen LogP contribution in [-0.2, 0) is 6.54 Å². The van der Waals surface area contributed by atoms with Gasteiger partial charge in [-0.05, 0) is 42.7 Å². The van der Waals surface area contributed by atoms with E-state index in [0.717, 1.165) is 5.56 Å². The Morgan fingerprint density at radius 3 is 2.70 bits per heavy atom. The van der Waals surface area contributed by atoms with Crippen molar-refractivity contribution in [3.63, 3.8) is 0 Å². The molecule has 2 aromatic heterocycles. The minimum absolute atomic E-state index is 0.0256. The summed E-state index contributed by atoms with van der Waals surface area (Å²) in [6, 6.07) is 13.1. The van der Waals surface area contributed by atoms with E-state index in [9.17, 15) is 14.0 Å². The van der Waals surface area contributed by atoms with Gasteiger partial charge in [0, 0.05) is 29.6 Å². The fourth-order valence-corrected chi connectivity index (χ4v) is 4.33. The molecule has 4 aromatic rings. The highest BCUT2D eigenvalue weighted by atomic mass is 35.5. The highest BCUT2D eigenvalue weighted by molar-refractivity contribution is 6.31. The van der Waals surface area contributed by atoms with Crippen LogP contribution in [0.1, 0.15) is 40.5 Å². The number of benzene rings is 2. The van der Waals surface area contributed by atoms with Gasteiger partial charge in [-0.1, -0.05) is 41.1 Å². The Morgan fingerprint density at radius 2 is 1.94 bits per heavy atom. The summed E-state index contributed by atoms with van der Waals surface area (Å²) in [6.45, 7) is 1.31. The van der Waals surface area contributed by atoms with Gasteiger partial charge in [0.2, 0.25) is 0 Å². The Morgan fingerprint density at radius 1 is 1.15 bits per heavy atom. The van der Waals surface area contributed by atoms with Gasteiger partial charge in [0.1, 0.15) is 11.6 Å². The van der Waals surface area contributed by atoms with E-state index >= 15 is 0 Å². The van der Waals surface area contributed by atoms with Gasteiger partial charge < -0.3 is 9.88 Å². The summed E-state index contributed by atoms with van der Waals surface area (Å²) in [5, 5.41) is 8.68. The number of aromatic nitrogens is 5. The van der Waals surface area contributed by atoms with Crippen molar-refractivity contribution in [2.24, 2.45) is 0 Å². The highest BCUT2D eigenvalue weighted by Gasteiger charge is 2.27. The van der Waals surface area contributed by atoms with E-state index in [1.54, 1.807) is 21.7 Å². The molecule has 0 bridgehead atoms. The number of halogens is 2. The van der Waals surface area contributed by atoms with Gasteiger partial charge in [0.25, 0.3) is 11.5 Å². The largest absolute Gasteiger partial charge is 0.339 e. The number of carbonyl (C=O) groups is 1. The molecule has 0 radical (unpaired) electrons. The molecule has 8 nitrogen and oxygen atoms in total. The van der Waals surface area contributed by atoms with Crippen molar-refractivity contribution in [1.82, 2.24) is 29.9 Å². The van der Waals surface area contributed by atoms with Crippen LogP contribution in [0, 0.1) is 5.82 Å². The van der Waals surface area contributed by atoms with Gasteiger partial charge in [-0.3, -0.25) is 9.59 Å². The van der Waals surface area contributed by atoms with Crippen LogP contribution in [0.2, 0.25) is 5.02 Å². The van der Waals surface area contributed by atoms with E-state index in [2.05, 4.69) is 20.3 Å². The molecule has 1 aliphatic heterocycles. The van der Waals surface area contributed by atoms with Crippen LogP contribution in [0.5, 0.6) is 0 Å². The van der Waals surface area contributed by atoms with Crippen LogP contribution in [-0.4, -0.2) is 48.9 Å². The molecule has 1 aliphatic rings. The summed E-state index contributed by atoms with van der Waals surface area (Å²) in [4.78, 5) is 34.5. The molecule has 0 spiro atoms. The zero-order chi connectivity index (χ0) is 22.9. The van der Waals surface area contributed by atoms with Gasteiger partial charge in [-0.2, -0.15) is 0 Å². The molecular formula is C23H20ClFN6O2. The Labute approximate surface area is 193 Å². The molecule has 2 aromatic carbocycles. The zero-order valence-electron chi connectivity index (χ0n) is 17.5. The summed E-state index contributed by atoms with van der Waals surface area (Å²) in [7, 11) is 0. The number of fused-ring (bicyclic) bond motifs is 1. The lowest BCUT2D eigenvalue weighted by molar-refractivity contribution is 0.0710. The van der Waals surface area contributed by atoms with Crippen molar-refractivity contribution < 1.29 is 9.18 Å². The van der Waals surface area contributed by atoms with Crippen LogP contribution < -0.4 is 5.56 Å². The molecule has 10 heteroatoms. The fourth-order valence-electron chi connectivity index (χ4n) is 4.13. The van der Waals surface area contributed by atoms with Crippen molar-refractivity contribution in [3.05, 3.63) is 86.7 Å². The molecule has 3 heterocycles. The van der Waals surface area contributed by atoms with E-state index in [-0.39, 0.29) is 22.9 Å². The molecule has 0 saturated carbocycles. The number of aromatic amines is 1. The second-order valence-corrected chi connectivity index (χ2v) is 8.45. The van der Waals surface area contributed by atoms with Crippen molar-refractivity contribution in [3.8, 4) is 0 Å². The third-order valence-corrected chi connectivity index (χ3v) is 6.28. The van der Waals surface area contributed by atoms with Crippen LogP contribution in [0.4, 0.5) is 4.39 Å². The summed E-state index contributed by atoms with van der Waals surface area (Å²) in [6.07, 6.45) is 1.25. The lowest BCUT2D eigenvalue weighted by Crippen LogP contribution is -2.38. The molecule has 1 amide bonds. The number of nitrogens with zero attached hydrogens (tertiary/aromatic N) is 5. The van der Waals surface area contributed by atoms with E-state index in [1.165, 1.54) is 18.2 Å². The minimum Gasteiger partial charge on any atom is -0.339 e. The summed E-state index contributed by atoms with van der Waals surface area (Å²) in [5.74, 6) is -0.116. The first kappa shape index (κ1) is 21.3. The maximum absolute atomic E-state index is 13.5. The SMILES string of the molecule is O=C(c1cccc(F)c1)N1CCC(c2nc3c(nnn3Cc3ccccc3Cl)c(=O)[nH]2)CC1. The summed E-state index contributed by atoms with van der Waals surface area (Å²) < 4.78 is 15.0. The summed E-state index contributed by atoms with van der Waals surface area (Å²) >= 11 is 6.27. The molecule has 1 fully saturated rings. The molecule has 0 atom stereocenters. The molecule has 0 aliphatic carbocycles. The first-order chi connectivity index (χ1) is 16.0. The monoisotopic (exact) mass is 466 g/mol. The predicted molar refractivity (Wildman–Crippen MR) is 121 cm³/mol. The van der Waals surface area contributed by atoms with Crippen molar-refractivity contribution >= 4 is 28.7 Å². The Balaban J connectivity index is 1.36. The number of likely N-dealkylation sites (tertiary alicyclic amines) is 1. The number of H-pyrrole nitrogens is 1. The maximum atomic E-state index is 13.5. The number of rotatable bonds is 4. The number of carbonyl (C=O) groups excluding carboxylic acids is 1. The topological polar surface area (TPSA) is 96.8 Å². The molecular weight excluding hydrogens is 447 g/mol. The lowest BCUT2D eigenvalue weighted by Gasteiger charge is -2.31. The van der Waals surface area contributed by atoms with Gasteiger partial charge in [0.15, 0.2) is 11.2 Å². The Bertz CT molecular complexity index is 1390. The first-order valence-corrected chi connectivity index (χ1v) is 11.0. The van der Waals surface area contributed by atoms with Crippen LogP contribution in [0.15, 0.2) is 53.3 Å². The van der Waals surface area contributed by atoms with E-state index < -0.39 is 5.82 Å². The normalized spacial score (nSPS) is 14.7. The Kier molecular flexibility index (Phi) is 5.63. The first-order valence-electron chi connectivity index (χ1n) is 10.6. The number of hydrogen-bond acceptors (Lipinski definition) is 5. The number of hydrogen-bond donors (Lipinski definition) is 1. The molecule has 1 saturated heterocycles. The quantitative estimate of drug-likeness (QED) is 0.497. The van der Waals surface area contributed by atoms with Crippen LogP contribution in [0.3, 0.4) is 0 Å². The van der Waals surface area contributed by atoms with Gasteiger partial charge in [0.05, 0.1) is 6.54 Å². The zero-order valence-corrected chi connectivity index (χ0v) is 18.3. The van der Waals surface area contributed by atoms with Crippen molar-refractivity contribution in [2.75, 3.05) is 13.1 Å². The molecule has 0 unspecified atom stereocenters. The molecule has 33 heavy (non-hydrogen) atoms. The van der Waals surface area contributed by atoms with Gasteiger partial charge in [-0.15, -0.1) is 5.10 Å². The van der Waals surface area contributed by atoms with Gasteiger partial charge >= 0.3 is 0 Å². The number of piperidine rings is 1. The van der Waals surface area contributed by atoms with E-state index in [0.29, 0.717) is 54.5 Å². The van der Waals surface area contributed by atoms with Crippen LogP contribution in [0.25, 0.3) is 11.2 Å². The van der Waals surface area contributed by atoms with E-state index in [1.807, 2.05) is 18.2 Å². The molecule has 1 N–H and O–H groups in total. The average Bonchev–Trinajstić information content (AvgIpc) is 3.23. The lowest BCUT2D eigenvalue weighted by atomic mass is 9.95. The third-order valence-electron chi connectivity index (χ3n) is 5.91. The maximum Gasteiger partial charge on any atom is 0.281 e. The number of amides is 1. The smallest absolute Gasteiger partial charge is 0.281 e. The second kappa shape index (κ2) is 8.74. The van der Waals surface area contributed by atoms with Crippen molar-refractivity contribution in [1.29, 1.82) is 0 Å². The average molecular weight is 467 g/mol. The molecule has 5 rings (SSSR count).